The zero-order valence-corrected chi connectivity index (χ0v) is 14.7. The van der Waals surface area contributed by atoms with Crippen LogP contribution in [-0.2, 0) is 6.54 Å². The van der Waals surface area contributed by atoms with Crippen LogP contribution < -0.4 is 0 Å². The Balaban J connectivity index is 1.49. The molecule has 0 radical (unpaired) electrons. The first-order chi connectivity index (χ1) is 14.0. The number of aromatic nitrogens is 5. The molecule has 0 unspecified atom stereocenters. The van der Waals surface area contributed by atoms with E-state index in [1.165, 1.54) is 12.1 Å². The Morgan fingerprint density at radius 3 is 2.55 bits per heavy atom. The molecule has 0 aliphatic heterocycles. The molecular weight excluding hydrogens is 384 g/mol. The lowest BCUT2D eigenvalue weighted by molar-refractivity contribution is 0.0697. The van der Waals surface area contributed by atoms with Crippen molar-refractivity contribution < 1.29 is 23.1 Å². The maximum atomic E-state index is 12.5. The van der Waals surface area contributed by atoms with Crippen molar-refractivity contribution in [2.75, 3.05) is 0 Å². The van der Waals surface area contributed by atoms with Crippen molar-refractivity contribution in [3.05, 3.63) is 71.7 Å². The van der Waals surface area contributed by atoms with E-state index in [2.05, 4.69) is 20.5 Å². The van der Waals surface area contributed by atoms with E-state index in [1.54, 1.807) is 47.3 Å². The second kappa shape index (κ2) is 7.58. The van der Waals surface area contributed by atoms with Gasteiger partial charge in [0.1, 0.15) is 5.69 Å². The molecule has 2 aromatic heterocycles. The number of carbonyl (C=O) groups is 1. The van der Waals surface area contributed by atoms with E-state index in [1.807, 2.05) is 0 Å². The molecule has 1 N–H and O–H groups in total. The molecule has 0 atom stereocenters. The maximum Gasteiger partial charge on any atom is 0.335 e. The highest BCUT2D eigenvalue weighted by Gasteiger charge is 2.17. The fourth-order valence-corrected chi connectivity index (χ4v) is 2.70. The average Bonchev–Trinajstić information content (AvgIpc) is 3.39. The van der Waals surface area contributed by atoms with E-state index in [4.69, 9.17) is 9.52 Å². The van der Waals surface area contributed by atoms with Crippen molar-refractivity contribution in [3.8, 4) is 22.7 Å². The number of hydrogen-bond donors (Lipinski definition) is 1. The molecule has 0 saturated heterocycles. The Labute approximate surface area is 162 Å². The van der Waals surface area contributed by atoms with E-state index in [0.717, 1.165) is 5.56 Å². The summed E-state index contributed by atoms with van der Waals surface area (Å²) in [6.07, 6.45) is -1.10. The summed E-state index contributed by atoms with van der Waals surface area (Å²) in [4.78, 5) is 11.1. The van der Waals surface area contributed by atoms with Gasteiger partial charge in [-0.1, -0.05) is 29.5 Å². The summed E-state index contributed by atoms with van der Waals surface area (Å²) in [5, 5.41) is 24.2. The standard InChI is InChI=1S/C19H13F2N5O3/c20-16(21)18-24-23-17(29-18)12-6-4-11(5-7-12)9-26-10-15(22-25-26)13-2-1-3-14(8-13)19(27)28/h1-8,10,16H,9H2,(H,27,28). The minimum atomic E-state index is -2.81. The fourth-order valence-electron chi connectivity index (χ4n) is 2.70. The van der Waals surface area contributed by atoms with Crippen molar-refractivity contribution in [3.63, 3.8) is 0 Å². The van der Waals surface area contributed by atoms with Gasteiger partial charge in [0, 0.05) is 11.1 Å². The summed E-state index contributed by atoms with van der Waals surface area (Å²) in [5.74, 6) is -1.71. The largest absolute Gasteiger partial charge is 0.478 e. The van der Waals surface area contributed by atoms with Gasteiger partial charge in [0.05, 0.1) is 18.3 Å². The van der Waals surface area contributed by atoms with Crippen LogP contribution in [0.2, 0.25) is 0 Å². The minimum Gasteiger partial charge on any atom is -0.478 e. The van der Waals surface area contributed by atoms with Gasteiger partial charge in [-0.3, -0.25) is 0 Å². The predicted octanol–water partition coefficient (Wildman–Crippen LogP) is 3.68. The van der Waals surface area contributed by atoms with Gasteiger partial charge >= 0.3 is 12.4 Å². The van der Waals surface area contributed by atoms with E-state index >= 15 is 0 Å². The Bertz CT molecular complexity index is 1150. The van der Waals surface area contributed by atoms with Crippen LogP contribution in [0.5, 0.6) is 0 Å². The van der Waals surface area contributed by atoms with Gasteiger partial charge in [-0.25, -0.2) is 9.48 Å². The number of carboxylic acid groups (broad SMARTS) is 1. The first-order valence-electron chi connectivity index (χ1n) is 8.44. The highest BCUT2D eigenvalue weighted by molar-refractivity contribution is 5.89. The molecule has 0 aliphatic carbocycles. The van der Waals surface area contributed by atoms with Gasteiger partial charge in [-0.2, -0.15) is 8.78 Å². The quantitative estimate of drug-likeness (QED) is 0.529. The predicted molar refractivity (Wildman–Crippen MR) is 96.2 cm³/mol. The third-order valence-corrected chi connectivity index (χ3v) is 4.12. The van der Waals surface area contributed by atoms with Crippen molar-refractivity contribution in [1.29, 1.82) is 0 Å². The molecule has 146 valence electrons. The monoisotopic (exact) mass is 397 g/mol. The lowest BCUT2D eigenvalue weighted by Gasteiger charge is -2.02. The van der Waals surface area contributed by atoms with Crippen molar-refractivity contribution in [2.45, 2.75) is 13.0 Å². The first kappa shape index (κ1) is 18.4. The summed E-state index contributed by atoms with van der Waals surface area (Å²) in [5.41, 5.74) is 2.78. The molecule has 0 spiro atoms. The molecule has 0 saturated carbocycles. The molecular formula is C19H13F2N5O3. The van der Waals surface area contributed by atoms with Gasteiger partial charge in [0.15, 0.2) is 0 Å². The third kappa shape index (κ3) is 4.00. The molecule has 4 aromatic rings. The zero-order valence-electron chi connectivity index (χ0n) is 14.7. The van der Waals surface area contributed by atoms with E-state index in [0.29, 0.717) is 23.4 Å². The van der Waals surface area contributed by atoms with Gasteiger partial charge in [-0.05, 0) is 29.8 Å². The van der Waals surface area contributed by atoms with Crippen molar-refractivity contribution in [2.24, 2.45) is 0 Å². The normalized spacial score (nSPS) is 11.1. The molecule has 10 heteroatoms. The second-order valence-electron chi connectivity index (χ2n) is 6.13. The molecule has 2 heterocycles. The molecule has 0 amide bonds. The molecule has 8 nitrogen and oxygen atoms in total. The average molecular weight is 397 g/mol. The minimum absolute atomic E-state index is 0.0215. The van der Waals surface area contributed by atoms with Gasteiger partial charge in [-0.15, -0.1) is 15.3 Å². The lowest BCUT2D eigenvalue weighted by atomic mass is 10.1. The van der Waals surface area contributed by atoms with Crippen LogP contribution in [0, 0.1) is 0 Å². The van der Waals surface area contributed by atoms with Crippen LogP contribution in [0.3, 0.4) is 0 Å². The van der Waals surface area contributed by atoms with E-state index in [9.17, 15) is 13.6 Å². The zero-order chi connectivity index (χ0) is 20.4. The number of benzene rings is 2. The van der Waals surface area contributed by atoms with Crippen LogP contribution >= 0.6 is 0 Å². The number of rotatable bonds is 6. The number of aromatic carboxylic acids is 1. The highest BCUT2D eigenvalue weighted by atomic mass is 19.3. The second-order valence-corrected chi connectivity index (χ2v) is 6.13. The maximum absolute atomic E-state index is 12.5. The fraction of sp³-hybridized carbons (Fsp3) is 0.105. The number of alkyl halides is 2. The summed E-state index contributed by atoms with van der Waals surface area (Å²) in [7, 11) is 0. The number of hydrogen-bond acceptors (Lipinski definition) is 6. The topological polar surface area (TPSA) is 107 Å². The van der Waals surface area contributed by atoms with Crippen LogP contribution in [0.15, 0.2) is 59.1 Å². The first-order valence-corrected chi connectivity index (χ1v) is 8.44. The lowest BCUT2D eigenvalue weighted by Crippen LogP contribution is -2.00. The van der Waals surface area contributed by atoms with Crippen LogP contribution in [0.4, 0.5) is 8.78 Å². The Kier molecular flexibility index (Phi) is 4.82. The molecule has 4 rings (SSSR count). The number of nitrogens with zero attached hydrogens (tertiary/aromatic N) is 5. The Morgan fingerprint density at radius 2 is 1.86 bits per heavy atom. The number of carboxylic acids is 1. The summed E-state index contributed by atoms with van der Waals surface area (Å²) < 4.78 is 31.6. The van der Waals surface area contributed by atoms with Crippen molar-refractivity contribution in [1.82, 2.24) is 25.2 Å². The van der Waals surface area contributed by atoms with Gasteiger partial charge < -0.3 is 9.52 Å². The Hall–Kier alpha value is -3.95. The molecule has 29 heavy (non-hydrogen) atoms. The molecule has 0 bridgehead atoms. The summed E-state index contributed by atoms with van der Waals surface area (Å²) >= 11 is 0. The molecule has 0 aliphatic rings. The smallest absolute Gasteiger partial charge is 0.335 e. The van der Waals surface area contributed by atoms with Crippen molar-refractivity contribution >= 4 is 5.97 Å². The molecule has 2 aromatic carbocycles. The Morgan fingerprint density at radius 1 is 1.07 bits per heavy atom. The molecule has 0 fully saturated rings. The van der Waals surface area contributed by atoms with Gasteiger partial charge in [0.2, 0.25) is 5.89 Å². The van der Waals surface area contributed by atoms with E-state index < -0.39 is 18.3 Å². The SMILES string of the molecule is O=C(O)c1cccc(-c2cn(Cc3ccc(-c4nnc(C(F)F)o4)cc3)nn2)c1. The van der Waals surface area contributed by atoms with Crippen LogP contribution in [-0.4, -0.2) is 36.3 Å². The van der Waals surface area contributed by atoms with Gasteiger partial charge in [0.25, 0.3) is 5.89 Å². The summed E-state index contributed by atoms with van der Waals surface area (Å²) in [6.45, 7) is 0.415. The highest BCUT2D eigenvalue weighted by Crippen LogP contribution is 2.24. The van der Waals surface area contributed by atoms with Crippen LogP contribution in [0.25, 0.3) is 22.7 Å². The number of halogens is 2. The van der Waals surface area contributed by atoms with E-state index in [-0.39, 0.29) is 11.5 Å². The summed E-state index contributed by atoms with van der Waals surface area (Å²) in [6, 6.07) is 13.4. The van der Waals surface area contributed by atoms with Crippen LogP contribution in [0.1, 0.15) is 28.2 Å². The third-order valence-electron chi connectivity index (χ3n) is 4.12.